The quantitative estimate of drug-likeness (QED) is 0.0295. The summed E-state index contributed by atoms with van der Waals surface area (Å²) in [5.74, 6) is -3.90. The van der Waals surface area contributed by atoms with Gasteiger partial charge in [-0.05, 0) is 24.8 Å². The molecule has 304 valence electrons. The van der Waals surface area contributed by atoms with Crippen molar-refractivity contribution in [3.8, 4) is 0 Å². The minimum Gasteiger partial charge on any atom is -0.477 e. The Morgan fingerprint density at radius 2 is 1.60 bits per heavy atom. The zero-order chi connectivity index (χ0) is 42.0. The fourth-order valence-electron chi connectivity index (χ4n) is 7.50. The first-order chi connectivity index (χ1) is 29.1. The number of oxime groups is 1. The summed E-state index contributed by atoms with van der Waals surface area (Å²) in [5, 5.41) is 23.3. The van der Waals surface area contributed by atoms with Crippen molar-refractivity contribution in [3.63, 3.8) is 0 Å². The van der Waals surface area contributed by atoms with E-state index in [0.717, 1.165) is 32.9 Å². The Morgan fingerprint density at radius 1 is 0.967 bits per heavy atom. The second-order valence-electron chi connectivity index (χ2n) is 13.6. The zero-order valence-corrected chi connectivity index (χ0v) is 34.3. The zero-order valence-electron chi connectivity index (χ0n) is 31.8. The van der Waals surface area contributed by atoms with Crippen molar-refractivity contribution in [2.45, 2.75) is 30.4 Å². The maximum Gasteiger partial charge on any atom is 0.352 e. The molecule has 5 heterocycles. The number of esters is 1. The number of thiophene rings is 1. The number of hydrogen-bond donors (Lipinski definition) is 4. The van der Waals surface area contributed by atoms with Gasteiger partial charge in [0.25, 0.3) is 11.8 Å². The van der Waals surface area contributed by atoms with E-state index in [2.05, 4.69) is 20.8 Å². The number of hydrogen-bond acceptors (Lipinski definition) is 13. The maximum atomic E-state index is 14.4. The highest BCUT2D eigenvalue weighted by molar-refractivity contribution is 8.00. The summed E-state index contributed by atoms with van der Waals surface area (Å²) in [5.41, 5.74) is 7.29. The molecule has 5 aromatic rings. The predicted octanol–water partition coefficient (Wildman–Crippen LogP) is 5.39. The van der Waals surface area contributed by atoms with E-state index >= 15 is 0 Å². The molecule has 3 aliphatic rings. The van der Waals surface area contributed by atoms with Crippen molar-refractivity contribution in [1.82, 2.24) is 20.5 Å². The van der Waals surface area contributed by atoms with Crippen molar-refractivity contribution < 1.29 is 38.7 Å². The number of nitrogen functional groups attached to an aromatic ring is 1. The summed E-state index contributed by atoms with van der Waals surface area (Å²) in [6.45, 7) is 2.10. The average Bonchev–Trinajstić information content (AvgIpc) is 4.04. The molecule has 0 bridgehead atoms. The molecule has 0 unspecified atom stereocenters. The summed E-state index contributed by atoms with van der Waals surface area (Å²) in [6.07, 6.45) is 0.275. The molecule has 0 aliphatic carbocycles. The Balaban J connectivity index is 1.16. The molecule has 2 saturated heterocycles. The van der Waals surface area contributed by atoms with Crippen LogP contribution in [0.3, 0.4) is 0 Å². The van der Waals surface area contributed by atoms with Crippen molar-refractivity contribution in [2.24, 2.45) is 5.16 Å². The normalized spacial score (nSPS) is 18.6. The molecule has 14 nitrogen and oxygen atoms in total. The highest BCUT2D eigenvalue weighted by Crippen LogP contribution is 2.47. The standard InChI is InChI=1S/C43H36N6O8S3/c1-2-56-41(55)28-19-21-58-35(28)31(27-18-20-45-36(27)50)29-22-59-39-33(38(52)49(39)34(29)40(53)54)47-37(51)32(30-23-60-42(44)46-30)48-57-43(24-12-6-3-7-13-24,25-14-8-4-9-15-25)26-16-10-5-11-17-26/h3-17,19,21,23,33,39H,2,18,20,22H2,1H3,(H2,44,46)(H,45,50)(H,47,51)(H,53,54)/t33-,39-/m1/s1. The van der Waals surface area contributed by atoms with Crippen molar-refractivity contribution in [3.05, 3.63) is 157 Å². The number of thiazole rings is 1. The van der Waals surface area contributed by atoms with Crippen LogP contribution in [-0.2, 0) is 34.4 Å². The second kappa shape index (κ2) is 17.0. The third-order valence-electron chi connectivity index (χ3n) is 10.2. The number of allylic oxidation sites excluding steroid dienone is 1. The van der Waals surface area contributed by atoms with E-state index < -0.39 is 46.7 Å². The van der Waals surface area contributed by atoms with Gasteiger partial charge in [0.15, 0.2) is 10.8 Å². The SMILES string of the molecule is CCOC(=O)c1ccsc1C(=C1CCNC1=O)C1=C(C(=O)O)N2C(=O)[C@@H](NC(=O)C(=NOC(c3ccccc3)(c3ccccc3)c3ccccc3)c3csc(N)n3)[C@H]2SC1. The Morgan fingerprint density at radius 3 is 2.13 bits per heavy atom. The van der Waals surface area contributed by atoms with Gasteiger partial charge in [0, 0.05) is 56.0 Å². The highest BCUT2D eigenvalue weighted by atomic mass is 32.2. The fourth-order valence-corrected chi connectivity index (χ4v) is 10.4. The van der Waals surface area contributed by atoms with Gasteiger partial charge in [-0.2, -0.15) is 0 Å². The van der Waals surface area contributed by atoms with E-state index in [4.69, 9.17) is 15.3 Å². The molecular formula is C43H36N6O8S3. The predicted molar refractivity (Wildman–Crippen MR) is 228 cm³/mol. The van der Waals surface area contributed by atoms with Crippen molar-refractivity contribution in [1.29, 1.82) is 0 Å². The molecule has 60 heavy (non-hydrogen) atoms. The first kappa shape index (κ1) is 40.2. The van der Waals surface area contributed by atoms with Crippen LogP contribution >= 0.6 is 34.4 Å². The van der Waals surface area contributed by atoms with Gasteiger partial charge in [-0.1, -0.05) is 96.2 Å². The van der Waals surface area contributed by atoms with E-state index in [1.54, 1.807) is 23.8 Å². The molecule has 3 aliphatic heterocycles. The van der Waals surface area contributed by atoms with Crippen LogP contribution in [0.25, 0.3) is 5.57 Å². The molecule has 5 N–H and O–H groups in total. The second-order valence-corrected chi connectivity index (χ2v) is 16.5. The largest absolute Gasteiger partial charge is 0.477 e. The smallest absolute Gasteiger partial charge is 0.352 e. The van der Waals surface area contributed by atoms with Gasteiger partial charge in [-0.25, -0.2) is 14.6 Å². The molecule has 2 aromatic heterocycles. The van der Waals surface area contributed by atoms with Crippen LogP contribution in [0.5, 0.6) is 0 Å². The van der Waals surface area contributed by atoms with Gasteiger partial charge in [0.1, 0.15) is 22.8 Å². The molecule has 8 rings (SSSR count). The number of nitrogens with one attached hydrogen (secondary N) is 2. The summed E-state index contributed by atoms with van der Waals surface area (Å²) in [4.78, 5) is 80.3. The van der Waals surface area contributed by atoms with E-state index in [-0.39, 0.29) is 57.7 Å². The molecule has 0 radical (unpaired) electrons. The number of thioether (sulfide) groups is 1. The Kier molecular flexibility index (Phi) is 11.4. The van der Waals surface area contributed by atoms with Gasteiger partial charge < -0.3 is 31.0 Å². The Labute approximate surface area is 355 Å². The molecule has 0 saturated carbocycles. The number of aliphatic carboxylic acids is 1. The van der Waals surface area contributed by atoms with Gasteiger partial charge in [-0.15, -0.1) is 34.4 Å². The number of rotatable bonds is 13. The number of β-lactam (4-membered cyclic amide) rings is 1. The van der Waals surface area contributed by atoms with Crippen LogP contribution in [0.2, 0.25) is 0 Å². The molecule has 0 spiro atoms. The van der Waals surface area contributed by atoms with Crippen molar-refractivity contribution >= 4 is 80.5 Å². The summed E-state index contributed by atoms with van der Waals surface area (Å²) >= 11 is 3.47. The number of amides is 3. The van der Waals surface area contributed by atoms with E-state index in [1.807, 2.05) is 91.0 Å². The van der Waals surface area contributed by atoms with Crippen LogP contribution < -0.4 is 16.4 Å². The third kappa shape index (κ3) is 7.24. The molecular weight excluding hydrogens is 825 g/mol. The van der Waals surface area contributed by atoms with Crippen LogP contribution in [0, 0.1) is 0 Å². The van der Waals surface area contributed by atoms with Crippen LogP contribution in [0.15, 0.2) is 130 Å². The molecule has 2 atom stereocenters. The van der Waals surface area contributed by atoms with Crippen LogP contribution in [-0.4, -0.2) is 80.7 Å². The number of nitrogens with zero attached hydrogens (tertiary/aromatic N) is 3. The third-order valence-corrected chi connectivity index (χ3v) is 13.1. The van der Waals surface area contributed by atoms with Gasteiger partial charge in [0.05, 0.1) is 12.2 Å². The average molecular weight is 861 g/mol. The minimum absolute atomic E-state index is 0.0369. The van der Waals surface area contributed by atoms with Crippen molar-refractivity contribution in [2.75, 3.05) is 24.6 Å². The molecule has 17 heteroatoms. The van der Waals surface area contributed by atoms with Gasteiger partial charge in [0.2, 0.25) is 11.5 Å². The monoisotopic (exact) mass is 860 g/mol. The first-order valence-electron chi connectivity index (χ1n) is 18.8. The number of carboxylic acids is 1. The van der Waals surface area contributed by atoms with Gasteiger partial charge in [-0.3, -0.25) is 19.3 Å². The van der Waals surface area contributed by atoms with Crippen LogP contribution in [0.4, 0.5) is 5.13 Å². The summed E-state index contributed by atoms with van der Waals surface area (Å²) in [6, 6.07) is 28.7. The van der Waals surface area contributed by atoms with E-state index in [9.17, 15) is 29.1 Å². The summed E-state index contributed by atoms with van der Waals surface area (Å²) < 4.78 is 5.27. The number of carbonyl (C=O) groups excluding carboxylic acids is 4. The van der Waals surface area contributed by atoms with Gasteiger partial charge >= 0.3 is 11.9 Å². The summed E-state index contributed by atoms with van der Waals surface area (Å²) in [7, 11) is 0. The molecule has 3 amide bonds. The lowest BCUT2D eigenvalue weighted by Gasteiger charge is -2.49. The topological polar surface area (TPSA) is 203 Å². The number of benzene rings is 3. The Bertz CT molecular complexity index is 2490. The molecule has 2 fully saturated rings. The van der Waals surface area contributed by atoms with E-state index in [0.29, 0.717) is 17.0 Å². The minimum atomic E-state index is -1.41. The first-order valence-corrected chi connectivity index (χ1v) is 21.6. The number of anilines is 1. The van der Waals surface area contributed by atoms with E-state index in [1.165, 1.54) is 23.1 Å². The number of aromatic nitrogens is 1. The Hall–Kier alpha value is -6.56. The number of ether oxygens (including phenoxy) is 1. The number of carbonyl (C=O) groups is 5. The lowest BCUT2D eigenvalue weighted by Crippen LogP contribution is -2.71. The lowest BCUT2D eigenvalue weighted by molar-refractivity contribution is -0.150. The number of carboxylic acid groups (broad SMARTS) is 1. The lowest BCUT2D eigenvalue weighted by atomic mass is 9.80. The highest BCUT2D eigenvalue weighted by Gasteiger charge is 2.55. The number of fused-ring (bicyclic) bond motifs is 1. The fraction of sp³-hybridized carbons (Fsp3) is 0.186. The molecule has 3 aromatic carbocycles. The van der Waals surface area contributed by atoms with Crippen LogP contribution in [0.1, 0.15) is 51.0 Å². The number of nitrogens with two attached hydrogens (primary N) is 1. The maximum absolute atomic E-state index is 14.4.